The molecule has 0 saturated heterocycles. The van der Waals surface area contributed by atoms with Crippen molar-refractivity contribution >= 4 is 11.6 Å². The summed E-state index contributed by atoms with van der Waals surface area (Å²) in [5.74, 6) is 0. The summed E-state index contributed by atoms with van der Waals surface area (Å²) in [6.45, 7) is 2.08. The lowest BCUT2D eigenvalue weighted by Gasteiger charge is -2.01. The van der Waals surface area contributed by atoms with Gasteiger partial charge in [-0.05, 0) is 36.8 Å². The van der Waals surface area contributed by atoms with Gasteiger partial charge < -0.3 is 0 Å². The van der Waals surface area contributed by atoms with E-state index in [1.165, 1.54) is 11.1 Å². The van der Waals surface area contributed by atoms with Gasteiger partial charge in [-0.15, -0.1) is 0 Å². The average Bonchev–Trinajstić information content (AvgIpc) is 2.90. The van der Waals surface area contributed by atoms with Gasteiger partial charge in [0.2, 0.25) is 0 Å². The van der Waals surface area contributed by atoms with Crippen LogP contribution in [0.25, 0.3) is 16.8 Å². The van der Waals surface area contributed by atoms with E-state index in [-0.39, 0.29) is 0 Å². The van der Waals surface area contributed by atoms with E-state index in [2.05, 4.69) is 36.3 Å². The molecule has 0 spiro atoms. The molecular formula is C16H13ClN2. The van der Waals surface area contributed by atoms with E-state index in [0.29, 0.717) is 0 Å². The highest BCUT2D eigenvalue weighted by molar-refractivity contribution is 6.30. The van der Waals surface area contributed by atoms with Crippen molar-refractivity contribution in [1.82, 2.24) is 9.78 Å². The zero-order valence-corrected chi connectivity index (χ0v) is 11.3. The Labute approximate surface area is 117 Å². The molecule has 94 valence electrons. The van der Waals surface area contributed by atoms with Crippen LogP contribution in [0.5, 0.6) is 0 Å². The molecule has 1 heterocycles. The maximum absolute atomic E-state index is 5.89. The van der Waals surface area contributed by atoms with E-state index in [0.717, 1.165) is 16.3 Å². The van der Waals surface area contributed by atoms with Crippen LogP contribution >= 0.6 is 11.6 Å². The quantitative estimate of drug-likeness (QED) is 0.669. The Morgan fingerprint density at radius 2 is 1.58 bits per heavy atom. The first-order valence-electron chi connectivity index (χ1n) is 6.10. The van der Waals surface area contributed by atoms with Gasteiger partial charge in [0.15, 0.2) is 0 Å². The van der Waals surface area contributed by atoms with Gasteiger partial charge in [0.1, 0.15) is 0 Å². The largest absolute Gasteiger partial charge is 0.240 e. The second-order valence-corrected chi connectivity index (χ2v) is 4.95. The average molecular weight is 269 g/mol. The number of aryl methyl sites for hydroxylation is 1. The second kappa shape index (κ2) is 4.90. The minimum Gasteiger partial charge on any atom is -0.240 e. The lowest BCUT2D eigenvalue weighted by Crippen LogP contribution is -1.92. The molecule has 2 nitrogen and oxygen atoms in total. The minimum atomic E-state index is 0.731. The third kappa shape index (κ3) is 2.54. The predicted molar refractivity (Wildman–Crippen MR) is 78.7 cm³/mol. The summed E-state index contributed by atoms with van der Waals surface area (Å²) in [5.41, 5.74) is 4.54. The normalized spacial score (nSPS) is 10.6. The van der Waals surface area contributed by atoms with Gasteiger partial charge in [-0.25, -0.2) is 4.68 Å². The lowest BCUT2D eigenvalue weighted by atomic mass is 10.1. The molecule has 0 amide bonds. The van der Waals surface area contributed by atoms with E-state index < -0.39 is 0 Å². The molecule has 0 aliphatic rings. The number of aromatic nitrogens is 2. The van der Waals surface area contributed by atoms with E-state index >= 15 is 0 Å². The molecule has 0 aliphatic heterocycles. The van der Waals surface area contributed by atoms with Crippen LogP contribution in [-0.4, -0.2) is 9.78 Å². The highest BCUT2D eigenvalue weighted by Crippen LogP contribution is 2.21. The van der Waals surface area contributed by atoms with Gasteiger partial charge in [0.25, 0.3) is 0 Å². The molecule has 1 aromatic heterocycles. The summed E-state index contributed by atoms with van der Waals surface area (Å²) < 4.78 is 1.85. The van der Waals surface area contributed by atoms with Gasteiger partial charge in [0, 0.05) is 16.8 Å². The summed E-state index contributed by atoms with van der Waals surface area (Å²) in [4.78, 5) is 0. The summed E-state index contributed by atoms with van der Waals surface area (Å²) >= 11 is 5.89. The number of rotatable bonds is 2. The number of nitrogens with zero attached hydrogens (tertiary/aromatic N) is 2. The van der Waals surface area contributed by atoms with Crippen molar-refractivity contribution in [3.05, 3.63) is 71.5 Å². The van der Waals surface area contributed by atoms with Gasteiger partial charge in [-0.1, -0.05) is 41.4 Å². The van der Waals surface area contributed by atoms with Crippen molar-refractivity contribution in [1.29, 1.82) is 0 Å². The van der Waals surface area contributed by atoms with Crippen molar-refractivity contribution in [3.63, 3.8) is 0 Å². The highest BCUT2D eigenvalue weighted by atomic mass is 35.5. The summed E-state index contributed by atoms with van der Waals surface area (Å²) in [7, 11) is 0. The Bertz CT molecular complexity index is 622. The van der Waals surface area contributed by atoms with Crippen LogP contribution in [0, 0.1) is 6.92 Å². The predicted octanol–water partition coefficient (Wildman–Crippen LogP) is 4.50. The molecule has 0 unspecified atom stereocenters. The molecule has 2 aromatic carbocycles. The second-order valence-electron chi connectivity index (χ2n) is 4.52. The SMILES string of the molecule is Cc1ccc(-c2cnn(-c3ccc(Cl)cc3)c2)cc1. The molecule has 0 aliphatic carbocycles. The molecule has 0 atom stereocenters. The molecular weight excluding hydrogens is 256 g/mol. The number of benzene rings is 2. The van der Waals surface area contributed by atoms with Crippen LogP contribution in [-0.2, 0) is 0 Å². The third-order valence-corrected chi connectivity index (χ3v) is 3.31. The molecule has 3 rings (SSSR count). The Morgan fingerprint density at radius 1 is 0.895 bits per heavy atom. The van der Waals surface area contributed by atoms with Crippen LogP contribution in [0.1, 0.15) is 5.56 Å². The maximum Gasteiger partial charge on any atom is 0.0646 e. The molecule has 0 radical (unpaired) electrons. The van der Waals surface area contributed by atoms with E-state index in [1.54, 1.807) is 0 Å². The highest BCUT2D eigenvalue weighted by Gasteiger charge is 2.03. The zero-order valence-electron chi connectivity index (χ0n) is 10.5. The van der Waals surface area contributed by atoms with Crippen LogP contribution in [0.3, 0.4) is 0 Å². The Hall–Kier alpha value is -2.06. The molecule has 19 heavy (non-hydrogen) atoms. The summed E-state index contributed by atoms with van der Waals surface area (Å²) in [6, 6.07) is 16.1. The fourth-order valence-electron chi connectivity index (χ4n) is 1.95. The minimum absolute atomic E-state index is 0.731. The van der Waals surface area contributed by atoms with Crippen molar-refractivity contribution in [2.45, 2.75) is 6.92 Å². The summed E-state index contributed by atoms with van der Waals surface area (Å²) in [5, 5.41) is 5.12. The Kier molecular flexibility index (Phi) is 3.10. The van der Waals surface area contributed by atoms with Gasteiger partial charge in [0.05, 0.1) is 11.9 Å². The molecule has 0 fully saturated rings. The number of hydrogen-bond acceptors (Lipinski definition) is 1. The smallest absolute Gasteiger partial charge is 0.0646 e. The maximum atomic E-state index is 5.89. The lowest BCUT2D eigenvalue weighted by molar-refractivity contribution is 0.881. The molecule has 3 aromatic rings. The van der Waals surface area contributed by atoms with Crippen molar-refractivity contribution in [2.75, 3.05) is 0 Å². The molecule has 0 N–H and O–H groups in total. The number of halogens is 1. The molecule has 0 bridgehead atoms. The topological polar surface area (TPSA) is 17.8 Å². The first kappa shape index (κ1) is 12.0. The molecule has 0 saturated carbocycles. The van der Waals surface area contributed by atoms with E-state index in [1.807, 2.05) is 41.3 Å². The zero-order chi connectivity index (χ0) is 13.2. The van der Waals surface area contributed by atoms with Crippen molar-refractivity contribution < 1.29 is 0 Å². The monoisotopic (exact) mass is 268 g/mol. The Balaban J connectivity index is 1.95. The van der Waals surface area contributed by atoms with Gasteiger partial charge >= 0.3 is 0 Å². The van der Waals surface area contributed by atoms with E-state index in [4.69, 9.17) is 11.6 Å². The van der Waals surface area contributed by atoms with Crippen LogP contribution < -0.4 is 0 Å². The van der Waals surface area contributed by atoms with Crippen LogP contribution in [0.4, 0.5) is 0 Å². The number of hydrogen-bond donors (Lipinski definition) is 0. The van der Waals surface area contributed by atoms with Crippen LogP contribution in [0.15, 0.2) is 60.9 Å². The standard InChI is InChI=1S/C16H13ClN2/c1-12-2-4-13(5-3-12)14-10-18-19(11-14)16-8-6-15(17)7-9-16/h2-11H,1H3. The van der Waals surface area contributed by atoms with Gasteiger partial charge in [-0.3, -0.25) is 0 Å². The fraction of sp³-hybridized carbons (Fsp3) is 0.0625. The van der Waals surface area contributed by atoms with Gasteiger partial charge in [-0.2, -0.15) is 5.10 Å². The third-order valence-electron chi connectivity index (χ3n) is 3.06. The van der Waals surface area contributed by atoms with Crippen LogP contribution in [0.2, 0.25) is 5.02 Å². The first-order chi connectivity index (χ1) is 9.22. The van der Waals surface area contributed by atoms with Crippen molar-refractivity contribution in [2.24, 2.45) is 0 Å². The van der Waals surface area contributed by atoms with E-state index in [9.17, 15) is 0 Å². The molecule has 3 heteroatoms. The van der Waals surface area contributed by atoms with Crippen molar-refractivity contribution in [3.8, 4) is 16.8 Å². The fourth-order valence-corrected chi connectivity index (χ4v) is 2.08. The summed E-state index contributed by atoms with van der Waals surface area (Å²) in [6.07, 6.45) is 3.90. The Morgan fingerprint density at radius 3 is 2.26 bits per heavy atom. The first-order valence-corrected chi connectivity index (χ1v) is 6.48.